The number of anilines is 2. The summed E-state index contributed by atoms with van der Waals surface area (Å²) in [5, 5.41) is 18.0. The minimum atomic E-state index is -1.17. The molecule has 0 saturated carbocycles. The highest BCUT2D eigenvalue weighted by atomic mass is 35.5. The molecule has 1 aromatic heterocycles. The summed E-state index contributed by atoms with van der Waals surface area (Å²) in [7, 11) is 0. The summed E-state index contributed by atoms with van der Waals surface area (Å²) in [5.74, 6) is -2.02. The van der Waals surface area contributed by atoms with Crippen molar-refractivity contribution in [3.8, 4) is 0 Å². The first-order valence-corrected chi connectivity index (χ1v) is 5.28. The van der Waals surface area contributed by atoms with Crippen molar-refractivity contribution in [2.24, 2.45) is 0 Å². The van der Waals surface area contributed by atoms with E-state index in [4.69, 9.17) is 22.4 Å². The summed E-state index contributed by atoms with van der Waals surface area (Å²) in [5.41, 5.74) is 5.29. The maximum Gasteiger partial charge on any atom is 0.335 e. The Morgan fingerprint density at radius 3 is 2.63 bits per heavy atom. The molecule has 0 aliphatic carbocycles. The monoisotopic (exact) mass is 282 g/mol. The van der Waals surface area contributed by atoms with Gasteiger partial charge in [0.05, 0.1) is 5.56 Å². The molecule has 19 heavy (non-hydrogen) atoms. The first-order chi connectivity index (χ1) is 8.97. The Balaban J connectivity index is 2.26. The van der Waals surface area contributed by atoms with E-state index in [0.717, 1.165) is 0 Å². The number of carboxylic acid groups (broad SMARTS) is 1. The van der Waals surface area contributed by atoms with E-state index in [1.54, 1.807) is 0 Å². The number of aromatic nitrogens is 2. The summed E-state index contributed by atoms with van der Waals surface area (Å²) >= 11 is 5.75. The zero-order valence-corrected chi connectivity index (χ0v) is 10.0. The number of carbonyl (C=O) groups is 2. The Labute approximate surface area is 111 Å². The summed E-state index contributed by atoms with van der Waals surface area (Å²) in [4.78, 5) is 22.6. The molecule has 0 bridgehead atoms. The van der Waals surface area contributed by atoms with Gasteiger partial charge in [0, 0.05) is 10.7 Å². The Hall–Kier alpha value is -2.61. The predicted molar refractivity (Wildman–Crippen MR) is 65.1 cm³/mol. The van der Waals surface area contributed by atoms with Crippen molar-refractivity contribution >= 4 is 35.0 Å². The standard InChI is InChI=1S/C10H7ClN4O4/c11-5-1-4(10(17)18)2-6(3-5)13-9(16)7-8(12)15-19-14-7/h1-3H,(H2,12,15)(H,13,16)(H,17,18). The number of benzene rings is 1. The van der Waals surface area contributed by atoms with Crippen molar-refractivity contribution in [1.29, 1.82) is 0 Å². The maximum absolute atomic E-state index is 11.7. The lowest BCUT2D eigenvalue weighted by Crippen LogP contribution is -2.14. The lowest BCUT2D eigenvalue weighted by molar-refractivity contribution is 0.0696. The van der Waals surface area contributed by atoms with Crippen LogP contribution in [0.25, 0.3) is 0 Å². The molecular weight excluding hydrogens is 276 g/mol. The van der Waals surface area contributed by atoms with E-state index in [9.17, 15) is 9.59 Å². The number of hydrogen-bond donors (Lipinski definition) is 3. The molecule has 1 aromatic carbocycles. The number of nitrogens with two attached hydrogens (primary N) is 1. The van der Waals surface area contributed by atoms with Crippen LogP contribution in [0.15, 0.2) is 22.8 Å². The zero-order chi connectivity index (χ0) is 14.0. The number of carbonyl (C=O) groups excluding carboxylic acids is 1. The van der Waals surface area contributed by atoms with Crippen LogP contribution in [-0.4, -0.2) is 27.3 Å². The topological polar surface area (TPSA) is 131 Å². The molecule has 0 unspecified atom stereocenters. The van der Waals surface area contributed by atoms with Crippen molar-refractivity contribution in [1.82, 2.24) is 10.3 Å². The predicted octanol–water partition coefficient (Wildman–Crippen LogP) is 1.26. The van der Waals surface area contributed by atoms with Gasteiger partial charge in [-0.1, -0.05) is 11.6 Å². The largest absolute Gasteiger partial charge is 0.478 e. The first kappa shape index (κ1) is 12.8. The molecule has 0 aliphatic rings. The van der Waals surface area contributed by atoms with Gasteiger partial charge in [-0.3, -0.25) is 4.79 Å². The van der Waals surface area contributed by atoms with Crippen LogP contribution in [0.4, 0.5) is 11.5 Å². The molecule has 8 nitrogen and oxygen atoms in total. The van der Waals surface area contributed by atoms with Crippen molar-refractivity contribution in [2.75, 3.05) is 11.1 Å². The third-order valence-electron chi connectivity index (χ3n) is 2.13. The molecule has 9 heteroatoms. The average Bonchev–Trinajstić information content (AvgIpc) is 2.74. The molecule has 2 aromatic rings. The molecular formula is C10H7ClN4O4. The van der Waals surface area contributed by atoms with Gasteiger partial charge >= 0.3 is 5.97 Å². The number of rotatable bonds is 3. The zero-order valence-electron chi connectivity index (χ0n) is 9.25. The minimum absolute atomic E-state index is 0.0611. The highest BCUT2D eigenvalue weighted by Gasteiger charge is 2.17. The lowest BCUT2D eigenvalue weighted by Gasteiger charge is -2.05. The molecule has 0 saturated heterocycles. The number of carboxylic acids is 1. The summed E-state index contributed by atoms with van der Waals surface area (Å²) in [6.07, 6.45) is 0. The first-order valence-electron chi connectivity index (χ1n) is 4.90. The van der Waals surface area contributed by atoms with Crippen LogP contribution in [0, 0.1) is 0 Å². The van der Waals surface area contributed by atoms with E-state index in [1.807, 2.05) is 0 Å². The van der Waals surface area contributed by atoms with Crippen LogP contribution < -0.4 is 11.1 Å². The highest BCUT2D eigenvalue weighted by molar-refractivity contribution is 6.31. The third-order valence-corrected chi connectivity index (χ3v) is 2.35. The van der Waals surface area contributed by atoms with E-state index < -0.39 is 11.9 Å². The van der Waals surface area contributed by atoms with Gasteiger partial charge in [0.15, 0.2) is 0 Å². The minimum Gasteiger partial charge on any atom is -0.478 e. The molecule has 4 N–H and O–H groups in total. The van der Waals surface area contributed by atoms with Crippen LogP contribution in [0.5, 0.6) is 0 Å². The van der Waals surface area contributed by atoms with E-state index in [0.29, 0.717) is 0 Å². The van der Waals surface area contributed by atoms with E-state index >= 15 is 0 Å². The van der Waals surface area contributed by atoms with Gasteiger partial charge in [0.25, 0.3) is 5.91 Å². The van der Waals surface area contributed by atoms with Crippen LogP contribution in [0.1, 0.15) is 20.8 Å². The number of nitrogens with zero attached hydrogens (tertiary/aromatic N) is 2. The van der Waals surface area contributed by atoms with Crippen molar-refractivity contribution in [2.45, 2.75) is 0 Å². The van der Waals surface area contributed by atoms with Gasteiger partial charge in [0.2, 0.25) is 11.5 Å². The average molecular weight is 283 g/mol. The van der Waals surface area contributed by atoms with E-state index in [-0.39, 0.29) is 27.8 Å². The van der Waals surface area contributed by atoms with Gasteiger partial charge in [0.1, 0.15) is 0 Å². The van der Waals surface area contributed by atoms with Gasteiger partial charge in [-0.15, -0.1) is 0 Å². The number of nitrogen functional groups attached to an aromatic ring is 1. The number of aromatic carboxylic acids is 1. The molecule has 0 fully saturated rings. The van der Waals surface area contributed by atoms with Crippen LogP contribution >= 0.6 is 11.6 Å². The Morgan fingerprint density at radius 1 is 1.32 bits per heavy atom. The fourth-order valence-corrected chi connectivity index (χ4v) is 1.56. The molecule has 2 rings (SSSR count). The molecule has 98 valence electrons. The van der Waals surface area contributed by atoms with Gasteiger partial charge in [-0.25, -0.2) is 9.42 Å². The fraction of sp³-hybridized carbons (Fsp3) is 0. The normalized spacial score (nSPS) is 10.2. The third kappa shape index (κ3) is 2.80. The Bertz CT molecular complexity index is 655. The maximum atomic E-state index is 11.7. The second-order valence-corrected chi connectivity index (χ2v) is 3.92. The lowest BCUT2D eigenvalue weighted by atomic mass is 10.2. The van der Waals surface area contributed by atoms with Crippen LogP contribution in [0.3, 0.4) is 0 Å². The SMILES string of the molecule is Nc1nonc1C(=O)Nc1cc(Cl)cc(C(=O)O)c1. The quantitative estimate of drug-likeness (QED) is 0.772. The van der Waals surface area contributed by atoms with Crippen LogP contribution in [-0.2, 0) is 0 Å². The second kappa shape index (κ2) is 4.94. The van der Waals surface area contributed by atoms with Gasteiger partial charge < -0.3 is 16.2 Å². The van der Waals surface area contributed by atoms with E-state index in [2.05, 4.69) is 20.3 Å². The smallest absolute Gasteiger partial charge is 0.335 e. The Morgan fingerprint density at radius 2 is 2.05 bits per heavy atom. The van der Waals surface area contributed by atoms with E-state index in [1.165, 1.54) is 18.2 Å². The number of hydrogen-bond acceptors (Lipinski definition) is 6. The highest BCUT2D eigenvalue weighted by Crippen LogP contribution is 2.20. The van der Waals surface area contributed by atoms with Crippen LogP contribution in [0.2, 0.25) is 5.02 Å². The molecule has 0 aliphatic heterocycles. The molecule has 1 amide bonds. The van der Waals surface area contributed by atoms with Gasteiger partial charge in [-0.05, 0) is 28.5 Å². The Kier molecular flexibility index (Phi) is 3.34. The number of nitrogens with one attached hydrogen (secondary N) is 1. The molecule has 0 radical (unpaired) electrons. The summed E-state index contributed by atoms with van der Waals surface area (Å²) in [6, 6.07) is 3.89. The van der Waals surface area contributed by atoms with Crippen molar-refractivity contribution < 1.29 is 19.3 Å². The van der Waals surface area contributed by atoms with Crippen molar-refractivity contribution in [3.63, 3.8) is 0 Å². The van der Waals surface area contributed by atoms with Gasteiger partial charge in [-0.2, -0.15) is 0 Å². The molecule has 1 heterocycles. The fourth-order valence-electron chi connectivity index (χ4n) is 1.33. The molecule has 0 atom stereocenters. The van der Waals surface area contributed by atoms with Crippen molar-refractivity contribution in [3.05, 3.63) is 34.5 Å². The number of amides is 1. The molecule has 0 spiro atoms. The summed E-state index contributed by atoms with van der Waals surface area (Å²) < 4.78 is 4.28. The number of halogens is 1. The summed E-state index contributed by atoms with van der Waals surface area (Å²) in [6.45, 7) is 0. The second-order valence-electron chi connectivity index (χ2n) is 3.49.